The van der Waals surface area contributed by atoms with Gasteiger partial charge in [-0.1, -0.05) is 18.2 Å². The molecule has 1 heterocycles. The van der Waals surface area contributed by atoms with Crippen LogP contribution in [0, 0.1) is 5.82 Å². The van der Waals surface area contributed by atoms with Gasteiger partial charge in [-0.15, -0.1) is 0 Å². The van der Waals surface area contributed by atoms with Crippen molar-refractivity contribution in [2.45, 2.75) is 6.18 Å². The van der Waals surface area contributed by atoms with Gasteiger partial charge in [0.05, 0.1) is 11.3 Å². The smallest absolute Gasteiger partial charge is 0.244 e. The second-order valence-corrected chi connectivity index (χ2v) is 5.09. The van der Waals surface area contributed by atoms with E-state index in [9.17, 15) is 17.6 Å². The predicted octanol–water partition coefficient (Wildman–Crippen LogP) is 4.80. The van der Waals surface area contributed by atoms with Crippen LogP contribution < -0.4 is 0 Å². The first-order valence-corrected chi connectivity index (χ1v) is 7.23. The number of rotatable bonds is 3. The van der Waals surface area contributed by atoms with Crippen LogP contribution in [0.3, 0.4) is 0 Å². The van der Waals surface area contributed by atoms with Crippen LogP contribution in [0.25, 0.3) is 0 Å². The van der Waals surface area contributed by atoms with Crippen LogP contribution in [0.2, 0.25) is 0 Å². The summed E-state index contributed by atoms with van der Waals surface area (Å²) in [5.74, 6) is -0.911. The molecule has 0 radical (unpaired) electrons. The van der Waals surface area contributed by atoms with E-state index in [0.29, 0.717) is 11.8 Å². The van der Waals surface area contributed by atoms with E-state index in [1.807, 2.05) is 0 Å². The van der Waals surface area contributed by atoms with Crippen LogP contribution in [-0.4, -0.2) is 15.7 Å². The quantitative estimate of drug-likeness (QED) is 0.505. The van der Waals surface area contributed by atoms with Gasteiger partial charge in [0.25, 0.3) is 0 Å². The summed E-state index contributed by atoms with van der Waals surface area (Å²) >= 11 is 0. The maximum Gasteiger partial charge on any atom is 0.416 e. The summed E-state index contributed by atoms with van der Waals surface area (Å²) in [6.45, 7) is 0. The topological polar surface area (TPSA) is 38.1 Å². The molecule has 0 N–H and O–H groups in total. The Morgan fingerprint density at radius 3 is 2.20 bits per heavy atom. The molecule has 2 aromatic carbocycles. The first-order chi connectivity index (χ1) is 11.9. The van der Waals surface area contributed by atoms with Gasteiger partial charge < -0.3 is 0 Å². The molecule has 0 aliphatic rings. The molecule has 0 aliphatic carbocycles. The third-order valence-electron chi connectivity index (χ3n) is 3.27. The third-order valence-corrected chi connectivity index (χ3v) is 3.27. The number of benzene rings is 2. The molecule has 7 heteroatoms. The molecule has 0 unspecified atom stereocenters. The van der Waals surface area contributed by atoms with Gasteiger partial charge in [-0.05, 0) is 36.4 Å². The van der Waals surface area contributed by atoms with Gasteiger partial charge in [-0.2, -0.15) is 13.2 Å². The fourth-order valence-corrected chi connectivity index (χ4v) is 2.19. The highest BCUT2D eigenvalue weighted by Gasteiger charge is 2.32. The monoisotopic (exact) mass is 345 g/mol. The average molecular weight is 345 g/mol. The summed E-state index contributed by atoms with van der Waals surface area (Å²) < 4.78 is 52.8. The number of hydrogen-bond acceptors (Lipinski definition) is 3. The number of alkyl halides is 3. The number of aliphatic imine (C=N–C) groups is 1. The summed E-state index contributed by atoms with van der Waals surface area (Å²) in [7, 11) is 0. The van der Waals surface area contributed by atoms with E-state index in [4.69, 9.17) is 0 Å². The lowest BCUT2D eigenvalue weighted by atomic mass is 10.0. The lowest BCUT2D eigenvalue weighted by Gasteiger charge is -2.11. The number of para-hydroxylation sites is 1. The summed E-state index contributed by atoms with van der Waals surface area (Å²) in [6.07, 6.45) is -1.80. The van der Waals surface area contributed by atoms with Crippen LogP contribution in [0.1, 0.15) is 17.0 Å². The molecule has 3 nitrogen and oxygen atoms in total. The van der Waals surface area contributed by atoms with Gasteiger partial charge in [0.15, 0.2) is 5.82 Å². The molecule has 0 atom stereocenters. The van der Waals surface area contributed by atoms with Crippen molar-refractivity contribution in [2.75, 3.05) is 0 Å². The van der Waals surface area contributed by atoms with Gasteiger partial charge in [0.2, 0.25) is 0 Å². The molecule has 0 fully saturated rings. The zero-order valence-corrected chi connectivity index (χ0v) is 12.7. The molecule has 1 aromatic heterocycles. The van der Waals surface area contributed by atoms with E-state index in [-0.39, 0.29) is 17.1 Å². The molecule has 0 saturated heterocycles. The fraction of sp³-hybridized carbons (Fsp3) is 0.0556. The Labute approximate surface area is 140 Å². The second-order valence-electron chi connectivity index (χ2n) is 5.09. The Hall–Kier alpha value is -3.09. The molecule has 3 rings (SSSR count). The van der Waals surface area contributed by atoms with E-state index in [1.54, 1.807) is 36.4 Å². The Balaban J connectivity index is 2.20. The van der Waals surface area contributed by atoms with Crippen LogP contribution >= 0.6 is 0 Å². The molecule has 3 aromatic rings. The van der Waals surface area contributed by atoms with Gasteiger partial charge in [-0.25, -0.2) is 19.4 Å². The Morgan fingerprint density at radius 2 is 1.56 bits per heavy atom. The molecule has 0 aliphatic heterocycles. The number of halogens is 4. The van der Waals surface area contributed by atoms with Crippen LogP contribution in [0.5, 0.6) is 0 Å². The summed E-state index contributed by atoms with van der Waals surface area (Å²) in [5, 5.41) is 0. The Bertz CT molecular complexity index is 891. The molecule has 126 valence electrons. The fourth-order valence-electron chi connectivity index (χ4n) is 2.19. The van der Waals surface area contributed by atoms with E-state index in [2.05, 4.69) is 15.0 Å². The van der Waals surface area contributed by atoms with Gasteiger partial charge in [0.1, 0.15) is 11.5 Å². The third kappa shape index (κ3) is 4.06. The predicted molar refractivity (Wildman–Crippen MR) is 85.2 cm³/mol. The van der Waals surface area contributed by atoms with Crippen molar-refractivity contribution in [3.63, 3.8) is 0 Å². The maximum absolute atomic E-state index is 13.8. The standard InChI is InChI=1S/C18H11F4N3/c19-14-10-12(9-13(11-14)18(20,21)22)16(17-23-7-4-8-24-17)25-15-5-2-1-3-6-15/h1-11H. The zero-order valence-electron chi connectivity index (χ0n) is 12.7. The zero-order chi connectivity index (χ0) is 17.9. The Kier molecular flexibility index (Phi) is 4.56. The minimum atomic E-state index is -4.67. The first-order valence-electron chi connectivity index (χ1n) is 7.23. The summed E-state index contributed by atoms with van der Waals surface area (Å²) in [4.78, 5) is 12.4. The Morgan fingerprint density at radius 1 is 0.880 bits per heavy atom. The minimum absolute atomic E-state index is 0.0526. The van der Waals surface area contributed by atoms with Crippen molar-refractivity contribution in [1.29, 1.82) is 0 Å². The van der Waals surface area contributed by atoms with E-state index < -0.39 is 17.6 Å². The summed E-state index contributed by atoms with van der Waals surface area (Å²) in [5.41, 5.74) is -0.610. The first kappa shape index (κ1) is 16.8. The normalized spacial score (nSPS) is 12.2. The molecule has 0 spiro atoms. The lowest BCUT2D eigenvalue weighted by molar-refractivity contribution is -0.137. The van der Waals surface area contributed by atoms with Crippen molar-refractivity contribution < 1.29 is 17.6 Å². The van der Waals surface area contributed by atoms with Crippen molar-refractivity contribution >= 4 is 11.4 Å². The van der Waals surface area contributed by atoms with Crippen molar-refractivity contribution in [3.8, 4) is 0 Å². The molecular weight excluding hydrogens is 334 g/mol. The lowest BCUT2D eigenvalue weighted by Crippen LogP contribution is -2.12. The number of aromatic nitrogens is 2. The van der Waals surface area contributed by atoms with Gasteiger partial charge in [-0.3, -0.25) is 0 Å². The summed E-state index contributed by atoms with van der Waals surface area (Å²) in [6, 6.07) is 12.4. The second kappa shape index (κ2) is 6.80. The highest BCUT2D eigenvalue weighted by molar-refractivity contribution is 6.11. The van der Waals surface area contributed by atoms with Crippen LogP contribution in [0.4, 0.5) is 23.2 Å². The van der Waals surface area contributed by atoms with Crippen molar-refractivity contribution in [3.05, 3.63) is 89.8 Å². The number of nitrogens with zero attached hydrogens (tertiary/aromatic N) is 3. The molecular formula is C18H11F4N3. The van der Waals surface area contributed by atoms with Crippen molar-refractivity contribution in [2.24, 2.45) is 4.99 Å². The molecule has 0 saturated carbocycles. The molecule has 0 amide bonds. The molecule has 25 heavy (non-hydrogen) atoms. The average Bonchev–Trinajstić information content (AvgIpc) is 2.60. The largest absolute Gasteiger partial charge is 0.416 e. The van der Waals surface area contributed by atoms with Crippen molar-refractivity contribution in [1.82, 2.24) is 9.97 Å². The van der Waals surface area contributed by atoms with Gasteiger partial charge >= 0.3 is 6.18 Å². The molecule has 0 bridgehead atoms. The highest BCUT2D eigenvalue weighted by atomic mass is 19.4. The van der Waals surface area contributed by atoms with Gasteiger partial charge in [0, 0.05) is 18.0 Å². The van der Waals surface area contributed by atoms with E-state index in [1.165, 1.54) is 12.4 Å². The maximum atomic E-state index is 13.8. The number of hydrogen-bond donors (Lipinski definition) is 0. The van der Waals surface area contributed by atoms with Crippen LogP contribution in [0.15, 0.2) is 72.0 Å². The highest BCUT2D eigenvalue weighted by Crippen LogP contribution is 2.31. The van der Waals surface area contributed by atoms with Crippen LogP contribution in [-0.2, 0) is 6.18 Å². The van der Waals surface area contributed by atoms with E-state index in [0.717, 1.165) is 12.1 Å². The SMILES string of the molecule is Fc1cc(C(=Nc2ccccc2)c2ncccn2)cc(C(F)(F)F)c1. The minimum Gasteiger partial charge on any atom is -0.244 e. The van der Waals surface area contributed by atoms with E-state index >= 15 is 0 Å².